The van der Waals surface area contributed by atoms with E-state index < -0.39 is 0 Å². The molecule has 0 N–H and O–H groups in total. The lowest BCUT2D eigenvalue weighted by atomic mass is 10.2. The Bertz CT molecular complexity index is 947. The highest BCUT2D eigenvalue weighted by molar-refractivity contribution is 9.10. The standard InChI is InChI=1S/C20H21BrN2OS2/c1-2-23-19-16(21)10-6-11-17(19)26-20(23)22-18(24)12-7-13-25-14-15-8-4-3-5-9-15/h3-6,8-11H,2,7,12-14H2,1H3. The Morgan fingerprint density at radius 1 is 1.19 bits per heavy atom. The molecule has 0 saturated carbocycles. The molecule has 0 aliphatic rings. The van der Waals surface area contributed by atoms with Gasteiger partial charge in [-0.25, -0.2) is 0 Å². The summed E-state index contributed by atoms with van der Waals surface area (Å²) >= 11 is 7.04. The van der Waals surface area contributed by atoms with Crippen molar-refractivity contribution in [2.75, 3.05) is 5.75 Å². The average Bonchev–Trinajstić information content (AvgIpc) is 3.00. The van der Waals surface area contributed by atoms with Crippen LogP contribution < -0.4 is 4.80 Å². The first-order valence-corrected chi connectivity index (χ1v) is 11.4. The number of carbonyl (C=O) groups excluding carboxylic acids is 1. The van der Waals surface area contributed by atoms with Gasteiger partial charge >= 0.3 is 0 Å². The fraction of sp³-hybridized carbons (Fsp3) is 0.300. The Hall–Kier alpha value is -1.37. The summed E-state index contributed by atoms with van der Waals surface area (Å²) < 4.78 is 4.29. The molecule has 0 atom stereocenters. The maximum absolute atomic E-state index is 12.3. The van der Waals surface area contributed by atoms with Crippen LogP contribution in [0.25, 0.3) is 10.2 Å². The molecule has 0 unspecified atom stereocenters. The first kappa shape index (κ1) is 19.4. The van der Waals surface area contributed by atoms with Crippen molar-refractivity contribution >= 4 is 55.2 Å². The molecule has 0 bridgehead atoms. The highest BCUT2D eigenvalue weighted by Gasteiger charge is 2.09. The number of benzene rings is 2. The second kappa shape index (κ2) is 9.53. The van der Waals surface area contributed by atoms with E-state index in [0.717, 1.165) is 44.0 Å². The Kier molecular flexibility index (Phi) is 7.11. The summed E-state index contributed by atoms with van der Waals surface area (Å²) in [5, 5.41) is 0. The van der Waals surface area contributed by atoms with Gasteiger partial charge in [-0.05, 0) is 52.7 Å². The second-order valence-corrected chi connectivity index (χ2v) is 8.83. The molecule has 1 aromatic heterocycles. The molecule has 0 aliphatic carbocycles. The number of thiazole rings is 1. The number of para-hydroxylation sites is 1. The Balaban J connectivity index is 1.59. The average molecular weight is 449 g/mol. The summed E-state index contributed by atoms with van der Waals surface area (Å²) in [5.41, 5.74) is 2.44. The number of thioether (sulfide) groups is 1. The summed E-state index contributed by atoms with van der Waals surface area (Å²) in [6.07, 6.45) is 1.36. The number of halogens is 1. The molecule has 1 amide bonds. The van der Waals surface area contributed by atoms with Crippen molar-refractivity contribution in [3.63, 3.8) is 0 Å². The lowest BCUT2D eigenvalue weighted by molar-refractivity contribution is -0.118. The molecule has 0 aliphatic heterocycles. The molecule has 0 spiro atoms. The molecular weight excluding hydrogens is 428 g/mol. The van der Waals surface area contributed by atoms with Crippen molar-refractivity contribution in [2.24, 2.45) is 4.99 Å². The van der Waals surface area contributed by atoms with Gasteiger partial charge in [0.25, 0.3) is 0 Å². The van der Waals surface area contributed by atoms with Crippen LogP contribution in [0.15, 0.2) is 58.0 Å². The van der Waals surface area contributed by atoms with Gasteiger partial charge in [0.05, 0.1) is 10.2 Å². The zero-order valence-corrected chi connectivity index (χ0v) is 17.9. The van der Waals surface area contributed by atoms with Crippen LogP contribution >= 0.6 is 39.0 Å². The molecule has 3 nitrogen and oxygen atoms in total. The van der Waals surface area contributed by atoms with Crippen molar-refractivity contribution in [3.05, 3.63) is 63.4 Å². The topological polar surface area (TPSA) is 34.4 Å². The van der Waals surface area contributed by atoms with Crippen molar-refractivity contribution in [2.45, 2.75) is 32.1 Å². The first-order valence-electron chi connectivity index (χ1n) is 8.66. The van der Waals surface area contributed by atoms with Crippen LogP contribution in [0, 0.1) is 0 Å². The van der Waals surface area contributed by atoms with E-state index in [1.165, 1.54) is 5.56 Å². The SMILES string of the molecule is CCn1c(=NC(=O)CCCSCc2ccccc2)sc2cccc(Br)c21. The molecular formula is C20H21BrN2OS2. The molecule has 0 fully saturated rings. The van der Waals surface area contributed by atoms with Gasteiger partial charge in [0, 0.05) is 23.2 Å². The van der Waals surface area contributed by atoms with Crippen LogP contribution in [-0.4, -0.2) is 16.2 Å². The molecule has 6 heteroatoms. The van der Waals surface area contributed by atoms with E-state index in [2.05, 4.69) is 62.7 Å². The number of fused-ring (bicyclic) bond motifs is 1. The van der Waals surface area contributed by atoms with E-state index in [1.807, 2.05) is 30.0 Å². The molecule has 0 saturated heterocycles. The van der Waals surface area contributed by atoms with E-state index in [1.54, 1.807) is 11.3 Å². The zero-order chi connectivity index (χ0) is 18.4. The van der Waals surface area contributed by atoms with E-state index in [0.29, 0.717) is 6.42 Å². The van der Waals surface area contributed by atoms with Crippen LogP contribution in [0.3, 0.4) is 0 Å². The van der Waals surface area contributed by atoms with E-state index in [-0.39, 0.29) is 5.91 Å². The first-order chi connectivity index (χ1) is 12.7. The largest absolute Gasteiger partial charge is 0.316 e. The smallest absolute Gasteiger partial charge is 0.248 e. The summed E-state index contributed by atoms with van der Waals surface area (Å²) in [4.78, 5) is 17.4. The summed E-state index contributed by atoms with van der Waals surface area (Å²) in [6.45, 7) is 2.87. The van der Waals surface area contributed by atoms with Gasteiger partial charge in [-0.1, -0.05) is 47.7 Å². The monoisotopic (exact) mass is 448 g/mol. The molecule has 3 rings (SSSR count). The number of nitrogens with zero attached hydrogens (tertiary/aromatic N) is 2. The van der Waals surface area contributed by atoms with Gasteiger partial charge < -0.3 is 4.57 Å². The maximum atomic E-state index is 12.3. The number of carbonyl (C=O) groups is 1. The Morgan fingerprint density at radius 2 is 2.00 bits per heavy atom. The Morgan fingerprint density at radius 3 is 2.77 bits per heavy atom. The lowest BCUT2D eigenvalue weighted by Crippen LogP contribution is -2.16. The second-order valence-electron chi connectivity index (χ2n) is 5.86. The maximum Gasteiger partial charge on any atom is 0.248 e. The third-order valence-corrected chi connectivity index (χ3v) is 6.78. The number of rotatable bonds is 7. The van der Waals surface area contributed by atoms with E-state index in [9.17, 15) is 4.79 Å². The highest BCUT2D eigenvalue weighted by atomic mass is 79.9. The minimum absolute atomic E-state index is 0.0322. The number of amides is 1. The van der Waals surface area contributed by atoms with Gasteiger partial charge in [-0.15, -0.1) is 0 Å². The van der Waals surface area contributed by atoms with Crippen LogP contribution in [0.2, 0.25) is 0 Å². The van der Waals surface area contributed by atoms with Gasteiger partial charge in [-0.2, -0.15) is 16.8 Å². The van der Waals surface area contributed by atoms with Crippen LogP contribution in [0.4, 0.5) is 0 Å². The molecule has 136 valence electrons. The highest BCUT2D eigenvalue weighted by Crippen LogP contribution is 2.25. The van der Waals surface area contributed by atoms with E-state index in [4.69, 9.17) is 0 Å². The third-order valence-electron chi connectivity index (χ3n) is 3.98. The van der Waals surface area contributed by atoms with Crippen molar-refractivity contribution in [1.82, 2.24) is 4.57 Å². The summed E-state index contributed by atoms with van der Waals surface area (Å²) in [7, 11) is 0. The number of aromatic nitrogens is 1. The third kappa shape index (κ3) is 4.87. The van der Waals surface area contributed by atoms with Gasteiger partial charge in [0.1, 0.15) is 0 Å². The van der Waals surface area contributed by atoms with Crippen LogP contribution in [-0.2, 0) is 17.1 Å². The minimum atomic E-state index is -0.0322. The lowest BCUT2D eigenvalue weighted by Gasteiger charge is -2.02. The van der Waals surface area contributed by atoms with Crippen LogP contribution in [0.1, 0.15) is 25.3 Å². The summed E-state index contributed by atoms with van der Waals surface area (Å²) in [5.74, 6) is 1.93. The van der Waals surface area contributed by atoms with Crippen molar-refractivity contribution in [3.8, 4) is 0 Å². The fourth-order valence-corrected chi connectivity index (χ4v) is 5.49. The van der Waals surface area contributed by atoms with Gasteiger partial charge in [0.15, 0.2) is 4.80 Å². The predicted molar refractivity (Wildman–Crippen MR) is 116 cm³/mol. The fourth-order valence-electron chi connectivity index (χ4n) is 2.72. The Labute approximate surface area is 170 Å². The van der Waals surface area contributed by atoms with Gasteiger partial charge in [-0.3, -0.25) is 4.79 Å². The zero-order valence-electron chi connectivity index (χ0n) is 14.7. The predicted octanol–water partition coefficient (Wildman–Crippen LogP) is 5.63. The molecule has 1 heterocycles. The normalized spacial score (nSPS) is 12.0. The number of hydrogen-bond donors (Lipinski definition) is 0. The number of hydrogen-bond acceptors (Lipinski definition) is 3. The quantitative estimate of drug-likeness (QED) is 0.439. The van der Waals surface area contributed by atoms with Crippen molar-refractivity contribution in [1.29, 1.82) is 0 Å². The molecule has 3 aromatic rings. The molecule has 26 heavy (non-hydrogen) atoms. The minimum Gasteiger partial charge on any atom is -0.316 e. The van der Waals surface area contributed by atoms with Crippen molar-refractivity contribution < 1.29 is 4.79 Å². The summed E-state index contributed by atoms with van der Waals surface area (Å²) in [6, 6.07) is 16.5. The van der Waals surface area contributed by atoms with E-state index >= 15 is 0 Å². The molecule has 2 aromatic carbocycles. The van der Waals surface area contributed by atoms with Gasteiger partial charge in [0.2, 0.25) is 5.91 Å². The molecule has 0 radical (unpaired) electrons. The van der Waals surface area contributed by atoms with Crippen LogP contribution in [0.5, 0.6) is 0 Å². The number of aryl methyl sites for hydroxylation is 1.